The lowest BCUT2D eigenvalue weighted by atomic mass is 10.0. The van der Waals surface area contributed by atoms with Crippen LogP contribution in [0.5, 0.6) is 0 Å². The van der Waals surface area contributed by atoms with Crippen molar-refractivity contribution in [2.24, 2.45) is 5.92 Å². The van der Waals surface area contributed by atoms with Gasteiger partial charge in [-0.1, -0.05) is 29.8 Å². The summed E-state index contributed by atoms with van der Waals surface area (Å²) >= 11 is 3.22. The van der Waals surface area contributed by atoms with Gasteiger partial charge in [0.15, 0.2) is 0 Å². The van der Waals surface area contributed by atoms with E-state index in [0.717, 1.165) is 6.42 Å². The third-order valence-corrected chi connectivity index (χ3v) is 2.87. The Morgan fingerprint density at radius 2 is 2.06 bits per heavy atom. The minimum Gasteiger partial charge on any atom is -0.349 e. The Labute approximate surface area is 110 Å². The molecule has 1 aromatic rings. The maximum absolute atomic E-state index is 13.5. The standard InChI is InChI=1S/C13H17BrFNO/c1-8(2)6-9(3)16-13(17)11-7-10(14)4-5-12(11)15/h4-5,7-9H,6H2,1-3H3,(H,16,17). The monoisotopic (exact) mass is 301 g/mol. The van der Waals surface area contributed by atoms with Crippen LogP contribution in [-0.2, 0) is 0 Å². The molecule has 94 valence electrons. The van der Waals surface area contributed by atoms with Crippen LogP contribution in [0.1, 0.15) is 37.6 Å². The van der Waals surface area contributed by atoms with Crippen LogP contribution in [-0.4, -0.2) is 11.9 Å². The fourth-order valence-electron chi connectivity index (χ4n) is 1.74. The highest BCUT2D eigenvalue weighted by Gasteiger charge is 2.15. The van der Waals surface area contributed by atoms with Crippen LogP contribution >= 0.6 is 15.9 Å². The van der Waals surface area contributed by atoms with Crippen molar-refractivity contribution in [3.05, 3.63) is 34.1 Å². The van der Waals surface area contributed by atoms with E-state index in [1.54, 1.807) is 6.07 Å². The first-order chi connectivity index (χ1) is 7.90. The second-order valence-corrected chi connectivity index (χ2v) is 5.54. The first-order valence-electron chi connectivity index (χ1n) is 5.66. The summed E-state index contributed by atoms with van der Waals surface area (Å²) in [4.78, 5) is 11.8. The quantitative estimate of drug-likeness (QED) is 0.901. The van der Waals surface area contributed by atoms with Gasteiger partial charge in [-0.25, -0.2) is 4.39 Å². The molecular formula is C13H17BrFNO. The summed E-state index contributed by atoms with van der Waals surface area (Å²) in [5.41, 5.74) is 0.0787. The van der Waals surface area contributed by atoms with Gasteiger partial charge in [-0.15, -0.1) is 0 Å². The number of rotatable bonds is 4. The van der Waals surface area contributed by atoms with Crippen LogP contribution in [0.25, 0.3) is 0 Å². The van der Waals surface area contributed by atoms with Crippen LogP contribution < -0.4 is 5.32 Å². The number of nitrogens with one attached hydrogen (secondary N) is 1. The van der Waals surface area contributed by atoms with Crippen LogP contribution in [0.15, 0.2) is 22.7 Å². The molecule has 0 radical (unpaired) electrons. The van der Waals surface area contributed by atoms with Gasteiger partial charge in [0.25, 0.3) is 5.91 Å². The Hall–Kier alpha value is -0.900. The van der Waals surface area contributed by atoms with E-state index in [0.29, 0.717) is 10.4 Å². The number of carbonyl (C=O) groups is 1. The van der Waals surface area contributed by atoms with Crippen LogP contribution in [0.3, 0.4) is 0 Å². The molecule has 1 rings (SSSR count). The normalized spacial score (nSPS) is 12.6. The second kappa shape index (κ2) is 6.15. The van der Waals surface area contributed by atoms with E-state index < -0.39 is 5.82 Å². The van der Waals surface area contributed by atoms with E-state index >= 15 is 0 Å². The zero-order chi connectivity index (χ0) is 13.0. The summed E-state index contributed by atoms with van der Waals surface area (Å²) in [6.45, 7) is 6.10. The Morgan fingerprint density at radius 3 is 2.65 bits per heavy atom. The van der Waals surface area contributed by atoms with E-state index in [2.05, 4.69) is 35.1 Å². The summed E-state index contributed by atoms with van der Waals surface area (Å²) in [6, 6.07) is 4.39. The maximum Gasteiger partial charge on any atom is 0.254 e. The molecular weight excluding hydrogens is 285 g/mol. The molecule has 1 atom stereocenters. The van der Waals surface area contributed by atoms with Gasteiger partial charge in [-0.05, 0) is 37.5 Å². The van der Waals surface area contributed by atoms with Crippen molar-refractivity contribution in [1.82, 2.24) is 5.32 Å². The lowest BCUT2D eigenvalue weighted by Gasteiger charge is -2.16. The number of carbonyl (C=O) groups excluding carboxylic acids is 1. The minimum atomic E-state index is -0.498. The van der Waals surface area contributed by atoms with Crippen molar-refractivity contribution >= 4 is 21.8 Å². The molecule has 0 aliphatic heterocycles. The van der Waals surface area contributed by atoms with Crippen molar-refractivity contribution in [2.75, 3.05) is 0 Å². The zero-order valence-electron chi connectivity index (χ0n) is 10.3. The molecule has 1 unspecified atom stereocenters. The average Bonchev–Trinajstić information content (AvgIpc) is 2.20. The Bertz CT molecular complexity index is 406. The number of halogens is 2. The summed E-state index contributed by atoms with van der Waals surface area (Å²) in [5, 5.41) is 2.80. The molecule has 0 saturated carbocycles. The second-order valence-electron chi connectivity index (χ2n) is 4.63. The fourth-order valence-corrected chi connectivity index (χ4v) is 2.10. The van der Waals surface area contributed by atoms with Crippen molar-refractivity contribution in [1.29, 1.82) is 0 Å². The minimum absolute atomic E-state index is 0.0425. The average molecular weight is 302 g/mol. The van der Waals surface area contributed by atoms with Gasteiger partial charge in [-0.3, -0.25) is 4.79 Å². The van der Waals surface area contributed by atoms with Crippen molar-refractivity contribution in [3.63, 3.8) is 0 Å². The van der Waals surface area contributed by atoms with Gasteiger partial charge in [0.2, 0.25) is 0 Å². The highest BCUT2D eigenvalue weighted by Crippen LogP contribution is 2.16. The molecule has 4 heteroatoms. The molecule has 2 nitrogen and oxygen atoms in total. The van der Waals surface area contributed by atoms with Crippen LogP contribution in [0.4, 0.5) is 4.39 Å². The summed E-state index contributed by atoms with van der Waals surface area (Å²) in [5.74, 6) is -0.364. The van der Waals surface area contributed by atoms with Gasteiger partial charge in [0.05, 0.1) is 5.56 Å². The topological polar surface area (TPSA) is 29.1 Å². The van der Waals surface area contributed by atoms with E-state index in [9.17, 15) is 9.18 Å². The molecule has 0 bridgehead atoms. The molecule has 0 fully saturated rings. The maximum atomic E-state index is 13.5. The first kappa shape index (κ1) is 14.2. The van der Waals surface area contributed by atoms with Gasteiger partial charge in [0.1, 0.15) is 5.82 Å². The van der Waals surface area contributed by atoms with Crippen molar-refractivity contribution < 1.29 is 9.18 Å². The smallest absolute Gasteiger partial charge is 0.254 e. The van der Waals surface area contributed by atoms with Crippen molar-refractivity contribution in [3.8, 4) is 0 Å². The van der Waals surface area contributed by atoms with Crippen molar-refractivity contribution in [2.45, 2.75) is 33.2 Å². The highest BCUT2D eigenvalue weighted by atomic mass is 79.9. The largest absolute Gasteiger partial charge is 0.349 e. The van der Waals surface area contributed by atoms with E-state index in [1.165, 1.54) is 12.1 Å². The summed E-state index contributed by atoms with van der Waals surface area (Å²) in [6.07, 6.45) is 0.876. The molecule has 0 heterocycles. The molecule has 17 heavy (non-hydrogen) atoms. The Morgan fingerprint density at radius 1 is 1.41 bits per heavy atom. The van der Waals surface area contributed by atoms with Crippen LogP contribution in [0, 0.1) is 11.7 Å². The predicted octanol–water partition coefficient (Wildman–Crippen LogP) is 3.75. The van der Waals surface area contributed by atoms with E-state index in [4.69, 9.17) is 0 Å². The molecule has 0 saturated heterocycles. The van der Waals surface area contributed by atoms with Crippen LogP contribution in [0.2, 0.25) is 0 Å². The number of amides is 1. The molecule has 1 N–H and O–H groups in total. The molecule has 1 amide bonds. The first-order valence-corrected chi connectivity index (χ1v) is 6.45. The number of hydrogen-bond donors (Lipinski definition) is 1. The zero-order valence-corrected chi connectivity index (χ0v) is 11.8. The molecule has 0 aromatic heterocycles. The molecule has 1 aromatic carbocycles. The highest BCUT2D eigenvalue weighted by molar-refractivity contribution is 9.10. The summed E-state index contributed by atoms with van der Waals surface area (Å²) in [7, 11) is 0. The number of benzene rings is 1. The molecule has 0 aliphatic carbocycles. The fraction of sp³-hybridized carbons (Fsp3) is 0.462. The molecule has 0 aliphatic rings. The predicted molar refractivity (Wildman–Crippen MR) is 70.5 cm³/mol. The van der Waals surface area contributed by atoms with Gasteiger partial charge in [-0.2, -0.15) is 0 Å². The Balaban J connectivity index is 2.73. The van der Waals surface area contributed by atoms with E-state index in [1.807, 2.05) is 6.92 Å². The van der Waals surface area contributed by atoms with E-state index in [-0.39, 0.29) is 17.5 Å². The summed E-state index contributed by atoms with van der Waals surface area (Å²) < 4.78 is 14.1. The number of hydrogen-bond acceptors (Lipinski definition) is 1. The van der Waals surface area contributed by atoms with Gasteiger partial charge in [0, 0.05) is 10.5 Å². The third kappa shape index (κ3) is 4.46. The Kier molecular flexibility index (Phi) is 5.12. The lowest BCUT2D eigenvalue weighted by Crippen LogP contribution is -2.34. The third-order valence-electron chi connectivity index (χ3n) is 2.38. The molecule has 0 spiro atoms. The lowest BCUT2D eigenvalue weighted by molar-refractivity contribution is 0.0932. The van der Waals surface area contributed by atoms with Gasteiger partial charge >= 0.3 is 0 Å². The SMILES string of the molecule is CC(C)CC(C)NC(=O)c1cc(Br)ccc1F. The van der Waals surface area contributed by atoms with Gasteiger partial charge < -0.3 is 5.32 Å².